The van der Waals surface area contributed by atoms with Crippen molar-refractivity contribution < 1.29 is 4.79 Å². The highest BCUT2D eigenvalue weighted by Crippen LogP contribution is 2.29. The van der Waals surface area contributed by atoms with E-state index in [0.717, 1.165) is 22.7 Å². The van der Waals surface area contributed by atoms with E-state index in [0.29, 0.717) is 18.1 Å². The van der Waals surface area contributed by atoms with Gasteiger partial charge in [0, 0.05) is 12.2 Å². The number of rotatable bonds is 1. The third-order valence-electron chi connectivity index (χ3n) is 3.24. The van der Waals surface area contributed by atoms with Gasteiger partial charge in [-0.1, -0.05) is 18.3 Å². The molecule has 1 aliphatic heterocycles. The first-order chi connectivity index (χ1) is 8.96. The van der Waals surface area contributed by atoms with Crippen molar-refractivity contribution >= 4 is 17.4 Å². The molecule has 0 fully saturated rings. The van der Waals surface area contributed by atoms with Crippen molar-refractivity contribution in [2.75, 3.05) is 6.54 Å². The Kier molecular flexibility index (Phi) is 2.67. The molecule has 0 saturated carbocycles. The molecule has 0 aromatic carbocycles. The van der Waals surface area contributed by atoms with Gasteiger partial charge in [-0.15, -0.1) is 5.10 Å². The van der Waals surface area contributed by atoms with Crippen LogP contribution in [0.5, 0.6) is 0 Å². The predicted octanol–water partition coefficient (Wildman–Crippen LogP) is 1.55. The zero-order chi connectivity index (χ0) is 13.6. The van der Waals surface area contributed by atoms with Crippen molar-refractivity contribution in [3.63, 3.8) is 0 Å². The van der Waals surface area contributed by atoms with Crippen LogP contribution in [-0.2, 0) is 6.42 Å². The van der Waals surface area contributed by atoms with Gasteiger partial charge in [-0.2, -0.15) is 0 Å². The van der Waals surface area contributed by atoms with Gasteiger partial charge in [-0.25, -0.2) is 4.98 Å². The fourth-order valence-electron chi connectivity index (χ4n) is 2.23. The molecule has 0 saturated heterocycles. The maximum Gasteiger partial charge on any atom is 0.271 e. The van der Waals surface area contributed by atoms with E-state index in [1.165, 1.54) is 11.5 Å². The summed E-state index contributed by atoms with van der Waals surface area (Å²) < 4.78 is 3.90. The summed E-state index contributed by atoms with van der Waals surface area (Å²) in [4.78, 5) is 20.6. The zero-order valence-electron chi connectivity index (χ0n) is 11.1. The fourth-order valence-corrected chi connectivity index (χ4v) is 2.83. The van der Waals surface area contributed by atoms with E-state index in [1.807, 2.05) is 6.92 Å². The highest BCUT2D eigenvalue weighted by Gasteiger charge is 2.30. The number of aromatic amines is 1. The van der Waals surface area contributed by atoms with Crippen molar-refractivity contribution in [1.82, 2.24) is 24.9 Å². The summed E-state index contributed by atoms with van der Waals surface area (Å²) in [5.41, 5.74) is 2.23. The second-order valence-corrected chi connectivity index (χ2v) is 6.38. The van der Waals surface area contributed by atoms with E-state index in [2.05, 4.69) is 38.7 Å². The number of amides is 1. The quantitative estimate of drug-likeness (QED) is 0.828. The lowest BCUT2D eigenvalue weighted by atomic mass is 9.88. The lowest BCUT2D eigenvalue weighted by Crippen LogP contribution is -2.32. The van der Waals surface area contributed by atoms with E-state index in [4.69, 9.17) is 0 Å². The molecule has 0 unspecified atom stereocenters. The van der Waals surface area contributed by atoms with E-state index in [9.17, 15) is 4.79 Å². The number of imidazole rings is 1. The van der Waals surface area contributed by atoms with E-state index >= 15 is 0 Å². The number of carbonyl (C=O) groups excluding carboxylic acids is 1. The lowest BCUT2D eigenvalue weighted by Gasteiger charge is -2.21. The van der Waals surface area contributed by atoms with Crippen LogP contribution in [0.25, 0.3) is 10.7 Å². The molecule has 3 heterocycles. The van der Waals surface area contributed by atoms with Gasteiger partial charge in [0.15, 0.2) is 5.82 Å². The van der Waals surface area contributed by atoms with Crippen LogP contribution >= 0.6 is 11.5 Å². The number of fused-ring (bicyclic) bond motifs is 1. The van der Waals surface area contributed by atoms with Gasteiger partial charge in [0.2, 0.25) is 0 Å². The summed E-state index contributed by atoms with van der Waals surface area (Å²) in [7, 11) is 0. The number of aryl methyl sites for hydroxylation is 1. The Bertz CT molecular complexity index is 642. The van der Waals surface area contributed by atoms with Crippen LogP contribution in [0.15, 0.2) is 0 Å². The minimum atomic E-state index is -0.113. The highest BCUT2D eigenvalue weighted by atomic mass is 32.1. The fraction of sp³-hybridized carbons (Fsp3) is 0.500. The molecule has 2 aromatic rings. The Balaban J connectivity index is 2.08. The average molecular weight is 277 g/mol. The molecule has 1 amide bonds. The van der Waals surface area contributed by atoms with Crippen molar-refractivity contribution in [3.8, 4) is 10.7 Å². The standard InChI is InChI=1S/C12H15N5OS/c1-6-9(19-17-16-6)10-14-7-4-12(2,3)5-13-11(18)8(7)15-10/h4-5H2,1-3H3,(H,13,18)(H,14,15). The number of hydrogen-bond donors (Lipinski definition) is 2. The third-order valence-corrected chi connectivity index (χ3v) is 4.08. The molecule has 0 radical (unpaired) electrons. The maximum atomic E-state index is 12.0. The van der Waals surface area contributed by atoms with Crippen LogP contribution in [0.3, 0.4) is 0 Å². The number of nitrogens with one attached hydrogen (secondary N) is 2. The van der Waals surface area contributed by atoms with Crippen LogP contribution in [0.2, 0.25) is 0 Å². The SMILES string of the molecule is Cc1nnsc1-c1nc2c([nH]1)CC(C)(C)CNC2=O. The first-order valence-corrected chi connectivity index (χ1v) is 6.90. The van der Waals surface area contributed by atoms with Gasteiger partial charge in [0.05, 0.1) is 5.69 Å². The van der Waals surface area contributed by atoms with Crippen LogP contribution in [-0.4, -0.2) is 32.0 Å². The van der Waals surface area contributed by atoms with Gasteiger partial charge in [0.1, 0.15) is 10.6 Å². The third kappa shape index (κ3) is 2.14. The second kappa shape index (κ2) is 4.12. The number of hydrogen-bond acceptors (Lipinski definition) is 5. The number of carbonyl (C=O) groups is 1. The Hall–Kier alpha value is -1.76. The second-order valence-electron chi connectivity index (χ2n) is 5.62. The van der Waals surface area contributed by atoms with Crippen molar-refractivity contribution in [3.05, 3.63) is 17.1 Å². The molecule has 6 nitrogen and oxygen atoms in total. The average Bonchev–Trinajstić information content (AvgIpc) is 2.89. The summed E-state index contributed by atoms with van der Waals surface area (Å²) in [6.07, 6.45) is 0.791. The number of aromatic nitrogens is 4. The predicted molar refractivity (Wildman–Crippen MR) is 72.0 cm³/mol. The monoisotopic (exact) mass is 277 g/mol. The Morgan fingerprint density at radius 1 is 1.37 bits per heavy atom. The lowest BCUT2D eigenvalue weighted by molar-refractivity contribution is 0.0940. The van der Waals surface area contributed by atoms with Crippen molar-refractivity contribution in [2.24, 2.45) is 5.41 Å². The highest BCUT2D eigenvalue weighted by molar-refractivity contribution is 7.09. The topological polar surface area (TPSA) is 83.6 Å². The molecule has 0 aliphatic carbocycles. The minimum absolute atomic E-state index is 0.0196. The first kappa shape index (κ1) is 12.3. The minimum Gasteiger partial charge on any atom is -0.350 e. The van der Waals surface area contributed by atoms with E-state index in [1.54, 1.807) is 0 Å². The molecule has 2 aromatic heterocycles. The molecule has 2 N–H and O–H groups in total. The Morgan fingerprint density at radius 3 is 2.84 bits per heavy atom. The van der Waals surface area contributed by atoms with Crippen LogP contribution in [0.4, 0.5) is 0 Å². The first-order valence-electron chi connectivity index (χ1n) is 6.13. The van der Waals surface area contributed by atoms with Gasteiger partial charge in [-0.3, -0.25) is 4.79 Å². The Labute approximate surface area is 114 Å². The summed E-state index contributed by atoms with van der Waals surface area (Å²) in [6.45, 7) is 6.80. The van der Waals surface area contributed by atoms with Crippen LogP contribution < -0.4 is 5.32 Å². The molecular weight excluding hydrogens is 262 g/mol. The summed E-state index contributed by atoms with van der Waals surface area (Å²) >= 11 is 1.29. The van der Waals surface area contributed by atoms with Crippen LogP contribution in [0, 0.1) is 12.3 Å². The van der Waals surface area contributed by atoms with Gasteiger partial charge >= 0.3 is 0 Å². The summed E-state index contributed by atoms with van der Waals surface area (Å²) in [5, 5.41) is 6.89. The number of H-pyrrole nitrogens is 1. The normalized spacial score (nSPS) is 17.7. The summed E-state index contributed by atoms with van der Waals surface area (Å²) in [6, 6.07) is 0. The summed E-state index contributed by atoms with van der Waals surface area (Å²) in [5.74, 6) is 0.573. The van der Waals surface area contributed by atoms with Gasteiger partial charge in [0.25, 0.3) is 5.91 Å². The maximum absolute atomic E-state index is 12.0. The molecule has 1 aliphatic rings. The molecule has 100 valence electrons. The van der Waals surface area contributed by atoms with E-state index in [-0.39, 0.29) is 11.3 Å². The number of nitrogens with zero attached hydrogens (tertiary/aromatic N) is 3. The molecular formula is C12H15N5OS. The molecule has 0 bridgehead atoms. The molecule has 7 heteroatoms. The zero-order valence-corrected chi connectivity index (χ0v) is 11.9. The van der Waals surface area contributed by atoms with E-state index < -0.39 is 0 Å². The molecule has 0 atom stereocenters. The van der Waals surface area contributed by atoms with Crippen molar-refractivity contribution in [2.45, 2.75) is 27.2 Å². The smallest absolute Gasteiger partial charge is 0.271 e. The van der Waals surface area contributed by atoms with Gasteiger partial charge in [-0.05, 0) is 30.3 Å². The largest absolute Gasteiger partial charge is 0.350 e. The molecule has 3 rings (SSSR count). The Morgan fingerprint density at radius 2 is 2.16 bits per heavy atom. The van der Waals surface area contributed by atoms with Gasteiger partial charge < -0.3 is 10.3 Å². The van der Waals surface area contributed by atoms with Crippen molar-refractivity contribution in [1.29, 1.82) is 0 Å². The molecule has 0 spiro atoms. The van der Waals surface area contributed by atoms with Crippen LogP contribution in [0.1, 0.15) is 35.7 Å². The molecule has 19 heavy (non-hydrogen) atoms.